The van der Waals surface area contributed by atoms with E-state index in [1.165, 1.54) is 16.5 Å². The predicted molar refractivity (Wildman–Crippen MR) is 90.4 cm³/mol. The van der Waals surface area contributed by atoms with Gasteiger partial charge in [-0.05, 0) is 18.1 Å². The monoisotopic (exact) mass is 370 g/mol. The zero-order valence-electron chi connectivity index (χ0n) is 11.0. The summed E-state index contributed by atoms with van der Waals surface area (Å²) in [5.74, 6) is 1.02. The van der Waals surface area contributed by atoms with E-state index in [4.69, 9.17) is 0 Å². The summed E-state index contributed by atoms with van der Waals surface area (Å²) in [5.41, 5.74) is 2.57. The third-order valence-electron chi connectivity index (χ3n) is 3.41. The number of H-pyrrole nitrogens is 1. The highest BCUT2D eigenvalue weighted by Gasteiger charge is 2.11. The van der Waals surface area contributed by atoms with Crippen LogP contribution >= 0.6 is 24.0 Å². The molecule has 0 spiro atoms. The Balaban J connectivity index is 0.00000133. The number of halogens is 1. The third-order valence-corrected chi connectivity index (χ3v) is 3.41. The van der Waals surface area contributed by atoms with Crippen molar-refractivity contribution in [2.75, 3.05) is 26.7 Å². The van der Waals surface area contributed by atoms with Crippen LogP contribution in [0.2, 0.25) is 0 Å². The van der Waals surface area contributed by atoms with Crippen LogP contribution < -0.4 is 5.32 Å². The second-order valence-corrected chi connectivity index (χ2v) is 4.66. The van der Waals surface area contributed by atoms with E-state index in [1.807, 2.05) is 0 Å². The molecule has 2 N–H and O–H groups in total. The van der Waals surface area contributed by atoms with E-state index in [1.54, 1.807) is 0 Å². The highest BCUT2D eigenvalue weighted by atomic mass is 127. The van der Waals surface area contributed by atoms with Gasteiger partial charge < -0.3 is 15.2 Å². The maximum atomic E-state index is 4.42. The van der Waals surface area contributed by atoms with E-state index in [0.717, 1.165) is 32.0 Å². The molecule has 2 aromatic rings. The smallest absolute Gasteiger partial charge is 0.193 e. The third kappa shape index (κ3) is 3.02. The lowest BCUT2D eigenvalue weighted by molar-refractivity contribution is 0.534. The Hall–Kier alpha value is -1.24. The summed E-state index contributed by atoms with van der Waals surface area (Å²) in [6.45, 7) is 2.85. The highest BCUT2D eigenvalue weighted by Crippen LogP contribution is 2.17. The molecular weight excluding hydrogens is 351 g/mol. The first-order valence-electron chi connectivity index (χ1n) is 6.39. The molecule has 102 valence electrons. The number of hydrogen-bond acceptors (Lipinski definition) is 3. The quantitative estimate of drug-likeness (QED) is 0.814. The number of rotatable bonds is 3. The van der Waals surface area contributed by atoms with E-state index in [2.05, 4.69) is 57.7 Å². The molecule has 1 aliphatic heterocycles. The maximum Gasteiger partial charge on any atom is 0.193 e. The van der Waals surface area contributed by atoms with E-state index >= 15 is 0 Å². The maximum absolute atomic E-state index is 4.42. The topological polar surface area (TPSA) is 43.4 Å². The van der Waals surface area contributed by atoms with Gasteiger partial charge in [-0.3, -0.25) is 4.99 Å². The van der Waals surface area contributed by atoms with Crippen molar-refractivity contribution in [3.05, 3.63) is 36.0 Å². The summed E-state index contributed by atoms with van der Waals surface area (Å²) in [5, 5.41) is 4.72. The van der Waals surface area contributed by atoms with Gasteiger partial charge in [0.1, 0.15) is 0 Å². The van der Waals surface area contributed by atoms with Gasteiger partial charge in [0.25, 0.3) is 0 Å². The lowest BCUT2D eigenvalue weighted by atomic mass is 10.1. The molecule has 0 radical (unpaired) electrons. The van der Waals surface area contributed by atoms with Crippen molar-refractivity contribution in [1.82, 2.24) is 15.2 Å². The second kappa shape index (κ2) is 6.27. The molecule has 0 fully saturated rings. The molecule has 0 unspecified atom stereocenters. The van der Waals surface area contributed by atoms with Crippen LogP contribution in [0, 0.1) is 0 Å². The van der Waals surface area contributed by atoms with Gasteiger partial charge in [0, 0.05) is 37.2 Å². The second-order valence-electron chi connectivity index (χ2n) is 4.66. The minimum absolute atomic E-state index is 0. The molecular formula is C14H19IN4. The van der Waals surface area contributed by atoms with Gasteiger partial charge in [-0.25, -0.2) is 0 Å². The number of nitrogens with one attached hydrogen (secondary N) is 2. The molecule has 0 bridgehead atoms. The summed E-state index contributed by atoms with van der Waals surface area (Å²) < 4.78 is 0. The van der Waals surface area contributed by atoms with Crippen molar-refractivity contribution >= 4 is 40.8 Å². The van der Waals surface area contributed by atoms with Crippen LogP contribution in [0.3, 0.4) is 0 Å². The number of benzene rings is 1. The fraction of sp³-hybridized carbons (Fsp3) is 0.357. The minimum atomic E-state index is 0. The fourth-order valence-corrected chi connectivity index (χ4v) is 2.37. The number of hydrogen-bond donors (Lipinski definition) is 2. The van der Waals surface area contributed by atoms with Crippen molar-refractivity contribution in [2.24, 2.45) is 4.99 Å². The highest BCUT2D eigenvalue weighted by molar-refractivity contribution is 14.0. The van der Waals surface area contributed by atoms with Gasteiger partial charge >= 0.3 is 0 Å². The number of guanidine groups is 1. The molecule has 4 nitrogen and oxygen atoms in total. The normalized spacial score (nSPS) is 14.4. The van der Waals surface area contributed by atoms with Crippen LogP contribution in [0.4, 0.5) is 0 Å². The minimum Gasteiger partial charge on any atom is -0.361 e. The first kappa shape index (κ1) is 14.2. The fourth-order valence-electron chi connectivity index (χ4n) is 2.37. The van der Waals surface area contributed by atoms with Crippen molar-refractivity contribution in [3.63, 3.8) is 0 Å². The number of likely N-dealkylation sites (N-methyl/N-ethyl adjacent to an activating group) is 1. The van der Waals surface area contributed by atoms with Crippen LogP contribution in [0.25, 0.3) is 10.9 Å². The standard InChI is InChI=1S/C14H18N4.HI/c1-18-9-8-16-14(18)15-7-6-11-10-17-13-5-3-2-4-12(11)13;/h2-5,10,17H,6-9H2,1H3,(H,15,16);1H. The lowest BCUT2D eigenvalue weighted by Gasteiger charge is -2.14. The van der Waals surface area contributed by atoms with Gasteiger partial charge in [0.15, 0.2) is 5.96 Å². The van der Waals surface area contributed by atoms with E-state index in [9.17, 15) is 0 Å². The first-order valence-corrected chi connectivity index (χ1v) is 6.39. The molecule has 1 aliphatic rings. The Bertz CT molecular complexity index is 576. The Morgan fingerprint density at radius 1 is 1.37 bits per heavy atom. The Morgan fingerprint density at radius 2 is 2.21 bits per heavy atom. The SMILES string of the molecule is CN1CCN=C1NCCc1c[nH]c2ccccc12.I. The number of aromatic amines is 1. The van der Waals surface area contributed by atoms with Crippen molar-refractivity contribution in [2.45, 2.75) is 6.42 Å². The van der Waals surface area contributed by atoms with Gasteiger partial charge in [0.2, 0.25) is 0 Å². The molecule has 1 aromatic carbocycles. The van der Waals surface area contributed by atoms with Crippen LogP contribution in [-0.4, -0.2) is 42.5 Å². The summed E-state index contributed by atoms with van der Waals surface area (Å²) in [4.78, 5) is 9.89. The van der Waals surface area contributed by atoms with Crippen molar-refractivity contribution in [1.29, 1.82) is 0 Å². The largest absolute Gasteiger partial charge is 0.361 e. The molecule has 2 heterocycles. The summed E-state index contributed by atoms with van der Waals surface area (Å²) >= 11 is 0. The Labute approximate surface area is 130 Å². The van der Waals surface area contributed by atoms with E-state index in [-0.39, 0.29) is 24.0 Å². The molecule has 0 atom stereocenters. The summed E-state index contributed by atoms with van der Waals surface area (Å²) in [7, 11) is 2.07. The predicted octanol–water partition coefficient (Wildman–Crippen LogP) is 2.22. The van der Waals surface area contributed by atoms with Crippen LogP contribution in [0.1, 0.15) is 5.56 Å². The van der Waals surface area contributed by atoms with E-state index < -0.39 is 0 Å². The van der Waals surface area contributed by atoms with Gasteiger partial charge in [-0.1, -0.05) is 18.2 Å². The lowest BCUT2D eigenvalue weighted by Crippen LogP contribution is -2.36. The number of aliphatic imine (C=N–C) groups is 1. The average Bonchev–Trinajstić information content (AvgIpc) is 2.97. The number of fused-ring (bicyclic) bond motifs is 1. The van der Waals surface area contributed by atoms with Crippen LogP contribution in [-0.2, 0) is 6.42 Å². The molecule has 0 amide bonds. The first-order chi connectivity index (χ1) is 8.84. The zero-order chi connectivity index (χ0) is 12.4. The molecule has 0 saturated carbocycles. The Morgan fingerprint density at radius 3 is 3.00 bits per heavy atom. The van der Waals surface area contributed by atoms with E-state index in [0.29, 0.717) is 0 Å². The van der Waals surface area contributed by atoms with Crippen molar-refractivity contribution in [3.8, 4) is 0 Å². The van der Waals surface area contributed by atoms with Crippen LogP contribution in [0.5, 0.6) is 0 Å². The summed E-state index contributed by atoms with van der Waals surface area (Å²) in [6.07, 6.45) is 3.11. The van der Waals surface area contributed by atoms with Gasteiger partial charge in [0.05, 0.1) is 6.54 Å². The summed E-state index contributed by atoms with van der Waals surface area (Å²) in [6, 6.07) is 8.42. The molecule has 19 heavy (non-hydrogen) atoms. The average molecular weight is 370 g/mol. The number of aromatic nitrogens is 1. The Kier molecular flexibility index (Phi) is 4.68. The van der Waals surface area contributed by atoms with Gasteiger partial charge in [-0.2, -0.15) is 0 Å². The zero-order valence-corrected chi connectivity index (χ0v) is 13.3. The molecule has 3 rings (SSSR count). The van der Waals surface area contributed by atoms with Gasteiger partial charge in [-0.15, -0.1) is 24.0 Å². The molecule has 5 heteroatoms. The number of nitrogens with zero attached hydrogens (tertiary/aromatic N) is 2. The van der Waals surface area contributed by atoms with Crippen molar-refractivity contribution < 1.29 is 0 Å². The molecule has 1 aromatic heterocycles. The number of para-hydroxylation sites is 1. The molecule has 0 saturated heterocycles. The molecule has 0 aliphatic carbocycles. The van der Waals surface area contributed by atoms with Crippen LogP contribution in [0.15, 0.2) is 35.5 Å².